The number of rotatable bonds is 7. The Morgan fingerprint density at radius 3 is 2.62 bits per heavy atom. The summed E-state index contributed by atoms with van der Waals surface area (Å²) in [5.74, 6) is 0.963. The van der Waals surface area contributed by atoms with Crippen molar-refractivity contribution in [2.24, 2.45) is 0 Å². The van der Waals surface area contributed by atoms with Crippen LogP contribution in [0.3, 0.4) is 0 Å². The SMILES string of the molecule is [CH2]CCCCOc1ccc(CC2CO2)cc1. The highest BCUT2D eigenvalue weighted by atomic mass is 16.6. The number of epoxide rings is 1. The molecule has 0 bridgehead atoms. The van der Waals surface area contributed by atoms with E-state index in [4.69, 9.17) is 9.47 Å². The van der Waals surface area contributed by atoms with Crippen LogP contribution in [0.1, 0.15) is 24.8 Å². The van der Waals surface area contributed by atoms with Gasteiger partial charge in [-0.3, -0.25) is 0 Å². The Labute approximate surface area is 97.6 Å². The summed E-state index contributed by atoms with van der Waals surface area (Å²) >= 11 is 0. The van der Waals surface area contributed by atoms with Crippen LogP contribution >= 0.6 is 0 Å². The zero-order chi connectivity index (χ0) is 11.2. The van der Waals surface area contributed by atoms with Crippen LogP contribution in [0.15, 0.2) is 24.3 Å². The summed E-state index contributed by atoms with van der Waals surface area (Å²) < 4.78 is 10.8. The first-order valence-corrected chi connectivity index (χ1v) is 6.01. The highest BCUT2D eigenvalue weighted by Crippen LogP contribution is 2.19. The fourth-order valence-electron chi connectivity index (χ4n) is 1.64. The van der Waals surface area contributed by atoms with Gasteiger partial charge in [0.2, 0.25) is 0 Å². The Hall–Kier alpha value is -1.02. The van der Waals surface area contributed by atoms with Crippen LogP contribution in [0.25, 0.3) is 0 Å². The fraction of sp³-hybridized carbons (Fsp3) is 0.500. The van der Waals surface area contributed by atoms with Gasteiger partial charge in [0.15, 0.2) is 0 Å². The van der Waals surface area contributed by atoms with E-state index in [0.29, 0.717) is 6.10 Å². The molecule has 1 aromatic rings. The van der Waals surface area contributed by atoms with Gasteiger partial charge in [-0.2, -0.15) is 0 Å². The molecular formula is C14H19O2. The molecule has 0 aromatic heterocycles. The summed E-state index contributed by atoms with van der Waals surface area (Å²) in [5, 5.41) is 0. The molecule has 16 heavy (non-hydrogen) atoms. The second-order valence-corrected chi connectivity index (χ2v) is 4.21. The van der Waals surface area contributed by atoms with Crippen molar-refractivity contribution in [1.29, 1.82) is 0 Å². The van der Waals surface area contributed by atoms with Crippen molar-refractivity contribution in [2.45, 2.75) is 31.8 Å². The first kappa shape index (κ1) is 11.5. The molecule has 1 unspecified atom stereocenters. The van der Waals surface area contributed by atoms with Crippen LogP contribution in [0.4, 0.5) is 0 Å². The van der Waals surface area contributed by atoms with Crippen LogP contribution in [0, 0.1) is 6.92 Å². The van der Waals surface area contributed by atoms with Gasteiger partial charge in [0.25, 0.3) is 0 Å². The highest BCUT2D eigenvalue weighted by molar-refractivity contribution is 5.27. The van der Waals surface area contributed by atoms with Crippen LogP contribution < -0.4 is 4.74 Å². The third-order valence-corrected chi connectivity index (χ3v) is 2.70. The van der Waals surface area contributed by atoms with Crippen molar-refractivity contribution in [3.8, 4) is 5.75 Å². The summed E-state index contributed by atoms with van der Waals surface area (Å²) in [6.45, 7) is 5.52. The first-order valence-electron chi connectivity index (χ1n) is 6.01. The van der Waals surface area contributed by atoms with Crippen LogP contribution in [-0.2, 0) is 11.2 Å². The van der Waals surface area contributed by atoms with Crippen LogP contribution in [0.2, 0.25) is 0 Å². The quantitative estimate of drug-likeness (QED) is 0.519. The Morgan fingerprint density at radius 1 is 1.25 bits per heavy atom. The molecule has 87 valence electrons. The molecule has 1 aliphatic heterocycles. The lowest BCUT2D eigenvalue weighted by molar-refractivity contribution is 0.307. The lowest BCUT2D eigenvalue weighted by Gasteiger charge is -2.06. The predicted molar refractivity (Wildman–Crippen MR) is 64.6 cm³/mol. The second-order valence-electron chi connectivity index (χ2n) is 4.21. The van der Waals surface area contributed by atoms with Crippen molar-refractivity contribution in [2.75, 3.05) is 13.2 Å². The molecule has 2 rings (SSSR count). The molecule has 0 aliphatic carbocycles. The summed E-state index contributed by atoms with van der Waals surface area (Å²) in [4.78, 5) is 0. The van der Waals surface area contributed by atoms with E-state index >= 15 is 0 Å². The minimum absolute atomic E-state index is 0.462. The zero-order valence-electron chi connectivity index (χ0n) is 9.65. The summed E-state index contributed by atoms with van der Waals surface area (Å²) in [5.41, 5.74) is 1.33. The van der Waals surface area contributed by atoms with Crippen molar-refractivity contribution >= 4 is 0 Å². The zero-order valence-corrected chi connectivity index (χ0v) is 9.65. The molecule has 0 saturated carbocycles. The maximum absolute atomic E-state index is 5.62. The maximum atomic E-state index is 5.62. The van der Waals surface area contributed by atoms with E-state index in [1.165, 1.54) is 5.56 Å². The number of hydrogen-bond donors (Lipinski definition) is 0. The molecule has 1 radical (unpaired) electrons. The van der Waals surface area contributed by atoms with Gasteiger partial charge in [-0.25, -0.2) is 0 Å². The molecule has 0 spiro atoms. The van der Waals surface area contributed by atoms with Gasteiger partial charge in [0, 0.05) is 6.42 Å². The molecule has 1 heterocycles. The monoisotopic (exact) mass is 219 g/mol. The Kier molecular flexibility index (Phi) is 4.23. The molecule has 1 atom stereocenters. The van der Waals surface area contributed by atoms with Gasteiger partial charge in [0.1, 0.15) is 5.75 Å². The average molecular weight is 219 g/mol. The van der Waals surface area contributed by atoms with E-state index in [-0.39, 0.29) is 0 Å². The number of hydrogen-bond acceptors (Lipinski definition) is 2. The van der Waals surface area contributed by atoms with E-state index < -0.39 is 0 Å². The topological polar surface area (TPSA) is 21.8 Å². The minimum atomic E-state index is 0.462. The van der Waals surface area contributed by atoms with E-state index in [9.17, 15) is 0 Å². The standard InChI is InChI=1S/C14H19O2/c1-2-3-4-9-15-13-7-5-12(6-8-13)10-14-11-16-14/h5-8,14H,1-4,9-11H2. The predicted octanol–water partition coefficient (Wildman–Crippen LogP) is 3.01. The lowest BCUT2D eigenvalue weighted by atomic mass is 10.1. The maximum Gasteiger partial charge on any atom is 0.119 e. The van der Waals surface area contributed by atoms with Crippen LogP contribution in [-0.4, -0.2) is 19.3 Å². The fourth-order valence-corrected chi connectivity index (χ4v) is 1.64. The van der Waals surface area contributed by atoms with E-state index in [1.807, 2.05) is 12.1 Å². The van der Waals surface area contributed by atoms with Gasteiger partial charge in [-0.15, -0.1) is 0 Å². The third-order valence-electron chi connectivity index (χ3n) is 2.70. The molecule has 2 heteroatoms. The van der Waals surface area contributed by atoms with E-state index in [2.05, 4.69) is 19.1 Å². The highest BCUT2D eigenvalue weighted by Gasteiger charge is 2.22. The summed E-state index contributed by atoms with van der Waals surface area (Å²) in [6, 6.07) is 8.33. The van der Waals surface area contributed by atoms with Crippen molar-refractivity contribution in [1.82, 2.24) is 0 Å². The molecular weight excluding hydrogens is 200 g/mol. The van der Waals surface area contributed by atoms with Gasteiger partial charge < -0.3 is 9.47 Å². The number of benzene rings is 1. The lowest BCUT2D eigenvalue weighted by Crippen LogP contribution is -1.97. The molecule has 1 fully saturated rings. The van der Waals surface area contributed by atoms with Gasteiger partial charge in [-0.05, 0) is 24.1 Å². The Morgan fingerprint density at radius 2 is 2.00 bits per heavy atom. The summed E-state index contributed by atoms with van der Waals surface area (Å²) in [6.07, 6.45) is 4.70. The second kappa shape index (κ2) is 5.90. The average Bonchev–Trinajstić information content (AvgIpc) is 3.11. The Balaban J connectivity index is 1.72. The number of ether oxygens (including phenoxy) is 2. The van der Waals surface area contributed by atoms with E-state index in [0.717, 1.165) is 44.6 Å². The normalized spacial score (nSPS) is 18.4. The molecule has 1 aromatic carbocycles. The molecule has 2 nitrogen and oxygen atoms in total. The van der Waals surface area contributed by atoms with E-state index in [1.54, 1.807) is 0 Å². The molecule has 1 aliphatic rings. The number of unbranched alkanes of at least 4 members (excludes halogenated alkanes) is 2. The Bertz CT molecular complexity index is 301. The largest absolute Gasteiger partial charge is 0.494 e. The molecule has 1 saturated heterocycles. The van der Waals surface area contributed by atoms with Gasteiger partial charge in [0.05, 0.1) is 19.3 Å². The van der Waals surface area contributed by atoms with Gasteiger partial charge >= 0.3 is 0 Å². The van der Waals surface area contributed by atoms with Crippen molar-refractivity contribution < 1.29 is 9.47 Å². The molecule has 0 amide bonds. The minimum Gasteiger partial charge on any atom is -0.494 e. The molecule has 0 N–H and O–H groups in total. The van der Waals surface area contributed by atoms with Gasteiger partial charge in [-0.1, -0.05) is 31.9 Å². The van der Waals surface area contributed by atoms with Crippen molar-refractivity contribution in [3.05, 3.63) is 36.8 Å². The summed E-state index contributed by atoms with van der Waals surface area (Å²) in [7, 11) is 0. The van der Waals surface area contributed by atoms with Crippen molar-refractivity contribution in [3.63, 3.8) is 0 Å². The third kappa shape index (κ3) is 3.86. The first-order chi connectivity index (χ1) is 7.88. The van der Waals surface area contributed by atoms with Crippen LogP contribution in [0.5, 0.6) is 5.75 Å². The smallest absolute Gasteiger partial charge is 0.119 e.